The molecule has 0 heterocycles. The van der Waals surface area contributed by atoms with E-state index in [0.717, 1.165) is 22.8 Å². The average Bonchev–Trinajstić information content (AvgIpc) is 2.28. The maximum Gasteiger partial charge on any atom is 0.0786 e. The van der Waals surface area contributed by atoms with E-state index in [1.54, 1.807) is 0 Å². The van der Waals surface area contributed by atoms with Crippen molar-refractivity contribution in [3.8, 4) is 0 Å². The topological polar surface area (TPSA) is 15.3 Å². The number of benzene rings is 1. The summed E-state index contributed by atoms with van der Waals surface area (Å²) < 4.78 is 0. The standard InChI is InChI=1S/C14H23ClN2/c1-5-8-11(6-2)16-13-10-7-9-12(15)14(13)17(3)4/h7,9-11,16H,5-6,8H2,1-4H3. The van der Waals surface area contributed by atoms with E-state index in [0.29, 0.717) is 6.04 Å². The minimum absolute atomic E-state index is 0.525. The maximum absolute atomic E-state index is 6.25. The van der Waals surface area contributed by atoms with Crippen LogP contribution in [-0.4, -0.2) is 20.1 Å². The third-order valence-electron chi connectivity index (χ3n) is 2.92. The van der Waals surface area contributed by atoms with Crippen LogP contribution in [0.2, 0.25) is 5.02 Å². The second-order valence-electron chi connectivity index (χ2n) is 4.57. The molecule has 0 aliphatic rings. The lowest BCUT2D eigenvalue weighted by molar-refractivity contribution is 0.623. The van der Waals surface area contributed by atoms with Gasteiger partial charge in [0.1, 0.15) is 0 Å². The first-order chi connectivity index (χ1) is 8.10. The average molecular weight is 255 g/mol. The molecule has 0 saturated heterocycles. The molecule has 0 radical (unpaired) electrons. The molecular weight excluding hydrogens is 232 g/mol. The predicted molar refractivity (Wildman–Crippen MR) is 78.4 cm³/mol. The van der Waals surface area contributed by atoms with Gasteiger partial charge in [-0.25, -0.2) is 0 Å². The van der Waals surface area contributed by atoms with Gasteiger partial charge in [0.15, 0.2) is 0 Å². The van der Waals surface area contributed by atoms with Gasteiger partial charge in [-0.15, -0.1) is 0 Å². The van der Waals surface area contributed by atoms with E-state index >= 15 is 0 Å². The second-order valence-corrected chi connectivity index (χ2v) is 4.98. The molecule has 0 aromatic heterocycles. The first kappa shape index (κ1) is 14.2. The van der Waals surface area contributed by atoms with Gasteiger partial charge in [-0.1, -0.05) is 37.9 Å². The van der Waals surface area contributed by atoms with Gasteiger partial charge in [0.2, 0.25) is 0 Å². The third kappa shape index (κ3) is 3.81. The van der Waals surface area contributed by atoms with Gasteiger partial charge in [0, 0.05) is 20.1 Å². The molecule has 1 N–H and O–H groups in total. The van der Waals surface area contributed by atoms with Crippen LogP contribution in [0.4, 0.5) is 11.4 Å². The van der Waals surface area contributed by atoms with Crippen LogP contribution in [0.15, 0.2) is 18.2 Å². The van der Waals surface area contributed by atoms with Gasteiger partial charge in [-0.05, 0) is 25.0 Å². The van der Waals surface area contributed by atoms with E-state index in [9.17, 15) is 0 Å². The van der Waals surface area contributed by atoms with Crippen molar-refractivity contribution in [2.24, 2.45) is 0 Å². The zero-order chi connectivity index (χ0) is 12.8. The summed E-state index contributed by atoms with van der Waals surface area (Å²) in [6.07, 6.45) is 3.52. The fourth-order valence-corrected chi connectivity index (χ4v) is 2.38. The van der Waals surface area contributed by atoms with Gasteiger partial charge in [-0.3, -0.25) is 0 Å². The molecule has 0 amide bonds. The Bertz CT molecular complexity index is 350. The fraction of sp³-hybridized carbons (Fsp3) is 0.571. The molecule has 0 fully saturated rings. The first-order valence-corrected chi connectivity index (χ1v) is 6.70. The smallest absolute Gasteiger partial charge is 0.0786 e. The molecular formula is C14H23ClN2. The van der Waals surface area contributed by atoms with E-state index in [1.165, 1.54) is 12.8 Å². The highest BCUT2D eigenvalue weighted by molar-refractivity contribution is 6.34. The molecule has 1 aromatic carbocycles. The zero-order valence-electron chi connectivity index (χ0n) is 11.3. The van der Waals surface area contributed by atoms with Gasteiger partial charge in [0.25, 0.3) is 0 Å². The molecule has 17 heavy (non-hydrogen) atoms. The molecule has 0 aliphatic carbocycles. The molecule has 0 bridgehead atoms. The Morgan fingerprint density at radius 3 is 2.53 bits per heavy atom. The van der Waals surface area contributed by atoms with E-state index < -0.39 is 0 Å². The lowest BCUT2D eigenvalue weighted by Crippen LogP contribution is -2.20. The van der Waals surface area contributed by atoms with Crippen molar-refractivity contribution in [3.05, 3.63) is 23.2 Å². The van der Waals surface area contributed by atoms with Crippen molar-refractivity contribution < 1.29 is 0 Å². The maximum atomic E-state index is 6.25. The van der Waals surface area contributed by atoms with Gasteiger partial charge >= 0.3 is 0 Å². The third-order valence-corrected chi connectivity index (χ3v) is 3.23. The number of para-hydroxylation sites is 1. The molecule has 1 atom stereocenters. The quantitative estimate of drug-likeness (QED) is 0.810. The number of rotatable bonds is 6. The number of hydrogen-bond donors (Lipinski definition) is 1. The molecule has 3 heteroatoms. The molecule has 1 rings (SSSR count). The van der Waals surface area contributed by atoms with E-state index in [-0.39, 0.29) is 0 Å². The van der Waals surface area contributed by atoms with Crippen LogP contribution in [0.25, 0.3) is 0 Å². The SMILES string of the molecule is CCCC(CC)Nc1cccc(Cl)c1N(C)C. The lowest BCUT2D eigenvalue weighted by Gasteiger charge is -2.24. The van der Waals surface area contributed by atoms with Crippen LogP contribution in [0.1, 0.15) is 33.1 Å². The number of anilines is 2. The molecule has 1 aromatic rings. The van der Waals surface area contributed by atoms with Crippen LogP contribution in [0.5, 0.6) is 0 Å². The van der Waals surface area contributed by atoms with E-state index in [4.69, 9.17) is 11.6 Å². The lowest BCUT2D eigenvalue weighted by atomic mass is 10.1. The fourth-order valence-electron chi connectivity index (χ4n) is 2.03. The predicted octanol–water partition coefficient (Wildman–Crippen LogP) is 4.40. The molecule has 1 unspecified atom stereocenters. The molecule has 0 spiro atoms. The van der Waals surface area contributed by atoms with Crippen LogP contribution in [-0.2, 0) is 0 Å². The molecule has 2 nitrogen and oxygen atoms in total. The minimum Gasteiger partial charge on any atom is -0.381 e. The second kappa shape index (κ2) is 6.75. The van der Waals surface area contributed by atoms with Gasteiger partial charge < -0.3 is 10.2 Å². The highest BCUT2D eigenvalue weighted by atomic mass is 35.5. The van der Waals surface area contributed by atoms with Crippen molar-refractivity contribution in [2.45, 2.75) is 39.2 Å². The van der Waals surface area contributed by atoms with E-state index in [1.807, 2.05) is 26.2 Å². The largest absolute Gasteiger partial charge is 0.381 e. The summed E-state index contributed by atoms with van der Waals surface area (Å²) in [6.45, 7) is 4.43. The Labute approximate surface area is 110 Å². The normalized spacial score (nSPS) is 12.3. The molecule has 96 valence electrons. The molecule has 0 saturated carbocycles. The summed E-state index contributed by atoms with van der Waals surface area (Å²) >= 11 is 6.25. The number of nitrogens with zero attached hydrogens (tertiary/aromatic N) is 1. The van der Waals surface area contributed by atoms with E-state index in [2.05, 4.69) is 30.1 Å². The Kier molecular flexibility index (Phi) is 5.63. The van der Waals surface area contributed by atoms with Crippen molar-refractivity contribution in [1.29, 1.82) is 0 Å². The Morgan fingerprint density at radius 2 is 2.00 bits per heavy atom. The summed E-state index contributed by atoms with van der Waals surface area (Å²) in [5.74, 6) is 0. The number of nitrogens with one attached hydrogen (secondary N) is 1. The minimum atomic E-state index is 0.525. The van der Waals surface area contributed by atoms with Crippen LogP contribution >= 0.6 is 11.6 Å². The zero-order valence-corrected chi connectivity index (χ0v) is 12.0. The molecule has 0 aliphatic heterocycles. The summed E-state index contributed by atoms with van der Waals surface area (Å²) in [4.78, 5) is 2.06. The summed E-state index contributed by atoms with van der Waals surface area (Å²) in [5, 5.41) is 4.39. The van der Waals surface area contributed by atoms with Crippen molar-refractivity contribution >= 4 is 23.0 Å². The van der Waals surface area contributed by atoms with Crippen molar-refractivity contribution in [1.82, 2.24) is 0 Å². The first-order valence-electron chi connectivity index (χ1n) is 6.32. The van der Waals surface area contributed by atoms with Crippen LogP contribution < -0.4 is 10.2 Å². The summed E-state index contributed by atoms with van der Waals surface area (Å²) in [7, 11) is 4.04. The van der Waals surface area contributed by atoms with Crippen LogP contribution in [0.3, 0.4) is 0 Å². The summed E-state index contributed by atoms with van der Waals surface area (Å²) in [5.41, 5.74) is 2.20. The summed E-state index contributed by atoms with van der Waals surface area (Å²) in [6, 6.07) is 6.55. The van der Waals surface area contributed by atoms with Crippen molar-refractivity contribution in [3.63, 3.8) is 0 Å². The van der Waals surface area contributed by atoms with Gasteiger partial charge in [0.05, 0.1) is 16.4 Å². The number of halogens is 1. The van der Waals surface area contributed by atoms with Crippen molar-refractivity contribution in [2.75, 3.05) is 24.3 Å². The highest BCUT2D eigenvalue weighted by Crippen LogP contribution is 2.33. The Hall–Kier alpha value is -0.890. The monoisotopic (exact) mass is 254 g/mol. The van der Waals surface area contributed by atoms with Crippen LogP contribution in [0, 0.1) is 0 Å². The highest BCUT2D eigenvalue weighted by Gasteiger charge is 2.12. The number of hydrogen-bond acceptors (Lipinski definition) is 2. The Morgan fingerprint density at radius 1 is 1.29 bits per heavy atom. The Balaban J connectivity index is 2.93. The van der Waals surface area contributed by atoms with Gasteiger partial charge in [-0.2, -0.15) is 0 Å².